The Labute approximate surface area is 275 Å². The van der Waals surface area contributed by atoms with Gasteiger partial charge in [0.2, 0.25) is 10.0 Å². The van der Waals surface area contributed by atoms with Crippen LogP contribution in [0.4, 0.5) is 5.69 Å². The highest BCUT2D eigenvalue weighted by molar-refractivity contribution is 7.94. The van der Waals surface area contributed by atoms with Crippen LogP contribution in [0.2, 0.25) is 5.02 Å². The van der Waals surface area contributed by atoms with Crippen LogP contribution < -0.4 is 4.72 Å². The molecule has 0 aliphatic heterocycles. The number of hydrogen-bond acceptors (Lipinski definition) is 6. The van der Waals surface area contributed by atoms with Gasteiger partial charge in [0.05, 0.1) is 12.3 Å². The Morgan fingerprint density at radius 2 is 1.44 bits per heavy atom. The quantitative estimate of drug-likeness (QED) is 0.0866. The van der Waals surface area contributed by atoms with Crippen LogP contribution in [0.5, 0.6) is 0 Å². The third-order valence-corrected chi connectivity index (χ3v) is 10.2. The lowest BCUT2D eigenvalue weighted by molar-refractivity contribution is -0.142. The van der Waals surface area contributed by atoms with Gasteiger partial charge in [0.1, 0.15) is 5.02 Å². The van der Waals surface area contributed by atoms with E-state index >= 15 is 0 Å². The number of nitrogens with one attached hydrogen (secondary N) is 2. The SMILES string of the molecule is CCCCCCCCCCCCCCCCC(C(=O)OCC)S(=O)(=O)Nc1ccc(-c2nc3c(Cl)c(C(C)(C)C)[nH]n3n2)cc1. The summed E-state index contributed by atoms with van der Waals surface area (Å²) in [5, 5.41) is 6.96. The minimum Gasteiger partial charge on any atom is -0.465 e. The van der Waals surface area contributed by atoms with Crippen molar-refractivity contribution in [2.75, 3.05) is 11.3 Å². The summed E-state index contributed by atoms with van der Waals surface area (Å²) in [5.41, 5.74) is 2.24. The minimum atomic E-state index is -4.01. The third kappa shape index (κ3) is 11.3. The summed E-state index contributed by atoms with van der Waals surface area (Å²) in [6.07, 6.45) is 17.2. The zero-order valence-electron chi connectivity index (χ0n) is 28.0. The number of ether oxygens (including phenoxy) is 1. The fourth-order valence-electron chi connectivity index (χ4n) is 5.50. The van der Waals surface area contributed by atoms with Crippen LogP contribution in [0.15, 0.2) is 24.3 Å². The average molecular weight is 664 g/mol. The number of aromatic amines is 1. The predicted molar refractivity (Wildman–Crippen MR) is 184 cm³/mol. The van der Waals surface area contributed by atoms with Gasteiger partial charge in [0.25, 0.3) is 0 Å². The summed E-state index contributed by atoms with van der Waals surface area (Å²) in [7, 11) is -4.01. The lowest BCUT2D eigenvalue weighted by Gasteiger charge is -2.18. The molecule has 2 aromatic heterocycles. The zero-order valence-corrected chi connectivity index (χ0v) is 29.5. The van der Waals surface area contributed by atoms with E-state index in [0.717, 1.165) is 25.0 Å². The second-order valence-corrected chi connectivity index (χ2v) is 15.3. The molecule has 0 amide bonds. The van der Waals surface area contributed by atoms with Gasteiger partial charge in [-0.25, -0.2) is 13.4 Å². The van der Waals surface area contributed by atoms with E-state index in [1.54, 1.807) is 35.8 Å². The number of halogens is 1. The second kappa shape index (κ2) is 17.9. The topological polar surface area (TPSA) is 118 Å². The lowest BCUT2D eigenvalue weighted by Crippen LogP contribution is -2.36. The van der Waals surface area contributed by atoms with Crippen LogP contribution in [-0.4, -0.2) is 46.1 Å². The van der Waals surface area contributed by atoms with Gasteiger partial charge in [0, 0.05) is 16.7 Å². The molecule has 252 valence electrons. The average Bonchev–Trinajstić information content (AvgIpc) is 3.54. The Kier molecular flexibility index (Phi) is 14.7. The van der Waals surface area contributed by atoms with Gasteiger partial charge < -0.3 is 4.74 Å². The molecule has 0 aliphatic rings. The van der Waals surface area contributed by atoms with Crippen LogP contribution >= 0.6 is 11.6 Å². The normalized spacial score (nSPS) is 12.9. The molecule has 1 aromatic carbocycles. The zero-order chi connectivity index (χ0) is 32.9. The molecule has 0 bridgehead atoms. The molecule has 11 heteroatoms. The number of sulfonamides is 1. The number of rotatable bonds is 21. The molecule has 1 unspecified atom stereocenters. The van der Waals surface area contributed by atoms with Crippen LogP contribution in [-0.2, 0) is 25.0 Å². The third-order valence-electron chi connectivity index (χ3n) is 8.14. The molecule has 0 saturated carbocycles. The van der Waals surface area contributed by atoms with E-state index < -0.39 is 21.2 Å². The molecule has 1 atom stereocenters. The molecule has 0 spiro atoms. The van der Waals surface area contributed by atoms with Crippen molar-refractivity contribution in [1.82, 2.24) is 19.8 Å². The lowest BCUT2D eigenvalue weighted by atomic mass is 9.92. The first kappa shape index (κ1) is 36.9. The van der Waals surface area contributed by atoms with E-state index in [0.29, 0.717) is 34.2 Å². The minimum absolute atomic E-state index is 0.130. The van der Waals surface area contributed by atoms with Crippen LogP contribution in [0.25, 0.3) is 17.0 Å². The first-order valence-electron chi connectivity index (χ1n) is 16.9. The maximum Gasteiger partial charge on any atom is 0.326 e. The van der Waals surface area contributed by atoms with Gasteiger partial charge in [-0.3, -0.25) is 14.6 Å². The summed E-state index contributed by atoms with van der Waals surface area (Å²) >= 11 is 6.55. The van der Waals surface area contributed by atoms with Crippen molar-refractivity contribution in [2.24, 2.45) is 0 Å². The molecule has 0 fully saturated rings. The van der Waals surface area contributed by atoms with E-state index in [2.05, 4.69) is 47.6 Å². The van der Waals surface area contributed by atoms with Gasteiger partial charge in [0.15, 0.2) is 16.7 Å². The highest BCUT2D eigenvalue weighted by atomic mass is 35.5. The van der Waals surface area contributed by atoms with Crippen molar-refractivity contribution in [3.05, 3.63) is 35.0 Å². The van der Waals surface area contributed by atoms with E-state index in [9.17, 15) is 13.2 Å². The number of hydrogen-bond donors (Lipinski definition) is 2. The Balaban J connectivity index is 1.47. The molecule has 2 heterocycles. The van der Waals surface area contributed by atoms with Crippen molar-refractivity contribution in [1.29, 1.82) is 0 Å². The number of aromatic nitrogens is 4. The number of unbranched alkanes of at least 4 members (excludes halogenated alkanes) is 13. The van der Waals surface area contributed by atoms with Gasteiger partial charge in [-0.15, -0.1) is 5.10 Å². The maximum atomic E-state index is 13.3. The number of H-pyrrole nitrogens is 1. The van der Waals surface area contributed by atoms with Crippen LogP contribution in [0, 0.1) is 0 Å². The maximum absolute atomic E-state index is 13.3. The summed E-state index contributed by atoms with van der Waals surface area (Å²) in [6, 6.07) is 6.74. The van der Waals surface area contributed by atoms with Gasteiger partial charge in [-0.2, -0.15) is 4.63 Å². The number of carbonyl (C=O) groups is 1. The highest BCUT2D eigenvalue weighted by Gasteiger charge is 2.33. The number of esters is 1. The highest BCUT2D eigenvalue weighted by Crippen LogP contribution is 2.32. The van der Waals surface area contributed by atoms with Gasteiger partial charge >= 0.3 is 5.97 Å². The van der Waals surface area contributed by atoms with Crippen molar-refractivity contribution in [2.45, 2.75) is 142 Å². The number of nitrogens with zero attached hydrogens (tertiary/aromatic N) is 3. The Bertz CT molecular complexity index is 1430. The van der Waals surface area contributed by atoms with E-state index in [1.807, 2.05) is 0 Å². The molecule has 0 saturated heterocycles. The van der Waals surface area contributed by atoms with Crippen molar-refractivity contribution >= 4 is 38.9 Å². The number of carbonyl (C=O) groups excluding carboxylic acids is 1. The summed E-state index contributed by atoms with van der Waals surface area (Å²) in [6.45, 7) is 10.2. The van der Waals surface area contributed by atoms with Crippen molar-refractivity contribution in [3.63, 3.8) is 0 Å². The Morgan fingerprint density at radius 3 is 1.93 bits per heavy atom. The number of anilines is 1. The number of benzene rings is 1. The molecule has 3 rings (SSSR count). The fourth-order valence-corrected chi connectivity index (χ4v) is 7.35. The summed E-state index contributed by atoms with van der Waals surface area (Å²) in [5.74, 6) is -0.250. The van der Waals surface area contributed by atoms with Crippen molar-refractivity contribution < 1.29 is 17.9 Å². The summed E-state index contributed by atoms with van der Waals surface area (Å²) < 4.78 is 35.9. The van der Waals surface area contributed by atoms with Crippen LogP contribution in [0.3, 0.4) is 0 Å². The smallest absolute Gasteiger partial charge is 0.326 e. The van der Waals surface area contributed by atoms with E-state index in [4.69, 9.17) is 16.3 Å². The molecule has 0 radical (unpaired) electrons. The first-order valence-corrected chi connectivity index (χ1v) is 18.8. The van der Waals surface area contributed by atoms with E-state index in [-0.39, 0.29) is 18.4 Å². The van der Waals surface area contributed by atoms with E-state index in [1.165, 1.54) is 64.2 Å². The molecule has 2 N–H and O–H groups in total. The first-order chi connectivity index (χ1) is 21.5. The monoisotopic (exact) mass is 663 g/mol. The molecule has 9 nitrogen and oxygen atoms in total. The standard InChI is InChI=1S/C34H54ClN5O4S/c1-6-8-9-10-11-12-13-14-15-16-17-18-19-20-21-28(33(41)44-7-2)45(42,43)39-27-24-22-26(23-25-27)31-36-32-29(35)30(34(3,4)5)37-40(32)38-31/h22-25,28,37,39H,6-21H2,1-5H3. The largest absolute Gasteiger partial charge is 0.465 e. The second-order valence-electron chi connectivity index (χ2n) is 13.1. The molecule has 0 aliphatic carbocycles. The summed E-state index contributed by atoms with van der Waals surface area (Å²) in [4.78, 5) is 17.3. The van der Waals surface area contributed by atoms with Crippen LogP contribution in [0.1, 0.15) is 137 Å². The van der Waals surface area contributed by atoms with Crippen molar-refractivity contribution in [3.8, 4) is 11.4 Å². The molecule has 45 heavy (non-hydrogen) atoms. The predicted octanol–water partition coefficient (Wildman–Crippen LogP) is 9.22. The molecule has 3 aromatic rings. The Hall–Kier alpha value is -2.59. The molecular formula is C34H54ClN5O4S. The fraction of sp³-hybridized carbons (Fsp3) is 0.676. The Morgan fingerprint density at radius 1 is 0.911 bits per heavy atom. The molecular weight excluding hydrogens is 610 g/mol. The van der Waals surface area contributed by atoms with Gasteiger partial charge in [-0.1, -0.05) is 129 Å². The van der Waals surface area contributed by atoms with Gasteiger partial charge in [-0.05, 0) is 37.6 Å². The number of fused-ring (bicyclic) bond motifs is 1.